The molecule has 2 aliphatic heterocycles. The highest BCUT2D eigenvalue weighted by molar-refractivity contribution is 7.89. The first-order valence-electron chi connectivity index (χ1n) is 13.8. The minimum absolute atomic E-state index is 0.00788. The van der Waals surface area contributed by atoms with Crippen molar-refractivity contribution in [3.8, 4) is 11.5 Å². The average molecular weight is 569 g/mol. The summed E-state index contributed by atoms with van der Waals surface area (Å²) in [7, 11) is -3.97. The molecule has 0 bridgehead atoms. The van der Waals surface area contributed by atoms with Gasteiger partial charge in [0.05, 0.1) is 23.6 Å². The molecule has 12 heteroatoms. The number of carbonyl (C=O) groups excluding carboxylic acids is 2. The second-order valence-corrected chi connectivity index (χ2v) is 12.9. The fraction of sp³-hybridized carbons (Fsp3) is 0.704. The Labute approximate surface area is 232 Å². The van der Waals surface area contributed by atoms with Crippen LogP contribution in [0.15, 0.2) is 23.1 Å². The fourth-order valence-electron chi connectivity index (χ4n) is 4.71. The molecule has 1 fully saturated rings. The van der Waals surface area contributed by atoms with Gasteiger partial charge in [0.15, 0.2) is 11.5 Å². The van der Waals surface area contributed by atoms with Crippen molar-refractivity contribution in [3.63, 3.8) is 0 Å². The Morgan fingerprint density at radius 3 is 2.36 bits per heavy atom. The van der Waals surface area contributed by atoms with E-state index in [-0.39, 0.29) is 49.1 Å². The summed E-state index contributed by atoms with van der Waals surface area (Å²) in [4.78, 5) is 28.0. The molecule has 1 aromatic carbocycles. The van der Waals surface area contributed by atoms with Crippen molar-refractivity contribution in [2.45, 2.75) is 77.0 Å². The molecule has 2 aliphatic rings. The fourth-order valence-corrected chi connectivity index (χ4v) is 6.34. The molecule has 0 radical (unpaired) electrons. The SMILES string of the molecule is CCC(C)[C@H](NC(=O)CN1CCCC1)C(=O)N[C@@H](C)[C@H](O)CN(CC(C)C)S(=O)(=O)c1ccc2c(c1)OCO2. The van der Waals surface area contributed by atoms with Crippen LogP contribution in [0.3, 0.4) is 0 Å². The van der Waals surface area contributed by atoms with Gasteiger partial charge in [0, 0.05) is 19.2 Å². The molecule has 1 unspecified atom stereocenters. The number of amides is 2. The van der Waals surface area contributed by atoms with Crippen molar-refractivity contribution in [1.82, 2.24) is 19.8 Å². The first-order chi connectivity index (χ1) is 18.4. The zero-order valence-corrected chi connectivity index (χ0v) is 24.5. The normalized spacial score (nSPS) is 18.7. The zero-order chi connectivity index (χ0) is 28.7. The van der Waals surface area contributed by atoms with E-state index < -0.39 is 34.1 Å². The van der Waals surface area contributed by atoms with E-state index >= 15 is 0 Å². The molecule has 220 valence electrons. The Morgan fingerprint density at radius 1 is 1.05 bits per heavy atom. The first kappa shape index (κ1) is 31.1. The number of hydrogen-bond donors (Lipinski definition) is 3. The van der Waals surface area contributed by atoms with Crippen molar-refractivity contribution in [3.05, 3.63) is 18.2 Å². The number of ether oxygens (including phenoxy) is 2. The van der Waals surface area contributed by atoms with E-state index in [0.29, 0.717) is 17.9 Å². The van der Waals surface area contributed by atoms with Gasteiger partial charge in [-0.25, -0.2) is 8.42 Å². The highest BCUT2D eigenvalue weighted by atomic mass is 32.2. The minimum atomic E-state index is -3.97. The van der Waals surface area contributed by atoms with Gasteiger partial charge in [-0.1, -0.05) is 34.1 Å². The monoisotopic (exact) mass is 568 g/mol. The van der Waals surface area contributed by atoms with E-state index in [4.69, 9.17) is 9.47 Å². The number of sulfonamides is 1. The van der Waals surface area contributed by atoms with Crippen molar-refractivity contribution in [2.24, 2.45) is 11.8 Å². The highest BCUT2D eigenvalue weighted by Gasteiger charge is 2.33. The molecule has 0 saturated carbocycles. The summed E-state index contributed by atoms with van der Waals surface area (Å²) < 4.78 is 38.9. The summed E-state index contributed by atoms with van der Waals surface area (Å²) in [5.74, 6) is 0.0871. The van der Waals surface area contributed by atoms with Crippen molar-refractivity contribution < 1.29 is 32.6 Å². The summed E-state index contributed by atoms with van der Waals surface area (Å²) in [6, 6.07) is 2.90. The Morgan fingerprint density at radius 2 is 1.72 bits per heavy atom. The van der Waals surface area contributed by atoms with Gasteiger partial charge in [-0.15, -0.1) is 0 Å². The number of benzene rings is 1. The molecule has 3 rings (SSSR count). The molecule has 4 atom stereocenters. The largest absolute Gasteiger partial charge is 0.454 e. The van der Waals surface area contributed by atoms with Gasteiger partial charge in [0.2, 0.25) is 28.6 Å². The predicted octanol–water partition coefficient (Wildman–Crippen LogP) is 1.55. The van der Waals surface area contributed by atoms with Crippen molar-refractivity contribution >= 4 is 21.8 Å². The topological polar surface area (TPSA) is 138 Å². The maximum absolute atomic E-state index is 13.5. The van der Waals surface area contributed by atoms with Crippen LogP contribution in [0, 0.1) is 11.8 Å². The molecule has 3 N–H and O–H groups in total. The van der Waals surface area contributed by atoms with Crippen LogP contribution in [0.2, 0.25) is 0 Å². The molecule has 1 saturated heterocycles. The second-order valence-electron chi connectivity index (χ2n) is 11.0. The minimum Gasteiger partial charge on any atom is -0.454 e. The Kier molecular flexibility index (Phi) is 11.0. The number of nitrogens with zero attached hydrogens (tertiary/aromatic N) is 2. The summed E-state index contributed by atoms with van der Waals surface area (Å²) in [5, 5.41) is 16.7. The van der Waals surface area contributed by atoms with Gasteiger partial charge in [-0.05, 0) is 56.8 Å². The number of rotatable bonds is 14. The number of carbonyl (C=O) groups is 2. The third kappa shape index (κ3) is 8.29. The van der Waals surface area contributed by atoms with E-state index in [0.717, 1.165) is 25.9 Å². The quantitative estimate of drug-likeness (QED) is 0.308. The Hall–Kier alpha value is -2.41. The van der Waals surface area contributed by atoms with Gasteiger partial charge < -0.3 is 25.2 Å². The summed E-state index contributed by atoms with van der Waals surface area (Å²) >= 11 is 0. The molecular weight excluding hydrogens is 524 g/mol. The number of aliphatic hydroxyl groups is 1. The molecule has 2 heterocycles. The lowest BCUT2D eigenvalue weighted by atomic mass is 9.97. The van der Waals surface area contributed by atoms with Gasteiger partial charge in [-0.3, -0.25) is 14.5 Å². The van der Waals surface area contributed by atoms with Gasteiger partial charge in [0.25, 0.3) is 0 Å². The van der Waals surface area contributed by atoms with Crippen LogP contribution in [0.5, 0.6) is 11.5 Å². The first-order valence-corrected chi connectivity index (χ1v) is 15.3. The van der Waals surface area contributed by atoms with Crippen molar-refractivity contribution in [1.29, 1.82) is 0 Å². The molecule has 0 aliphatic carbocycles. The van der Waals surface area contributed by atoms with Crippen LogP contribution in [0.25, 0.3) is 0 Å². The molecule has 2 amide bonds. The standard InChI is InChI=1S/C27H44N4O7S/c1-6-19(4)26(29-25(33)16-30-11-7-8-12-30)27(34)28-20(5)22(32)15-31(14-18(2)3)39(35,36)21-9-10-23-24(13-21)38-17-37-23/h9-10,13,18-20,22,26,32H,6-8,11-12,14-17H2,1-5H3,(H,28,34)(H,29,33)/t19?,20-,22+,26-/m0/s1. The molecule has 39 heavy (non-hydrogen) atoms. The van der Waals surface area contributed by atoms with Crippen LogP contribution in [-0.4, -0.2) is 92.2 Å². The van der Waals surface area contributed by atoms with Crippen LogP contribution >= 0.6 is 0 Å². The smallest absolute Gasteiger partial charge is 0.243 e. The highest BCUT2D eigenvalue weighted by Crippen LogP contribution is 2.34. The number of aliphatic hydroxyl groups excluding tert-OH is 1. The molecule has 11 nitrogen and oxygen atoms in total. The Bertz CT molecular complexity index is 1090. The summed E-state index contributed by atoms with van der Waals surface area (Å²) in [6.07, 6.45) is 1.62. The van der Waals surface area contributed by atoms with E-state index in [1.807, 2.05) is 27.7 Å². The Balaban J connectivity index is 1.67. The van der Waals surface area contributed by atoms with Crippen LogP contribution < -0.4 is 20.1 Å². The van der Waals surface area contributed by atoms with Gasteiger partial charge in [-0.2, -0.15) is 4.31 Å². The van der Waals surface area contributed by atoms with Crippen LogP contribution in [-0.2, 0) is 19.6 Å². The average Bonchev–Trinajstić information content (AvgIpc) is 3.57. The van der Waals surface area contributed by atoms with Crippen molar-refractivity contribution in [2.75, 3.05) is 39.5 Å². The van der Waals surface area contributed by atoms with E-state index in [2.05, 4.69) is 15.5 Å². The number of likely N-dealkylation sites (tertiary alicyclic amines) is 1. The van der Waals surface area contributed by atoms with Gasteiger partial charge >= 0.3 is 0 Å². The van der Waals surface area contributed by atoms with E-state index in [1.165, 1.54) is 16.4 Å². The van der Waals surface area contributed by atoms with Gasteiger partial charge in [0.1, 0.15) is 6.04 Å². The molecule has 0 spiro atoms. The number of fused-ring (bicyclic) bond motifs is 1. The second kappa shape index (κ2) is 13.8. The number of hydrogen-bond acceptors (Lipinski definition) is 8. The molecule has 0 aromatic heterocycles. The van der Waals surface area contributed by atoms with Crippen LogP contribution in [0.1, 0.15) is 53.9 Å². The van der Waals surface area contributed by atoms with Crippen LogP contribution in [0.4, 0.5) is 0 Å². The third-order valence-corrected chi connectivity index (χ3v) is 9.09. The molecule has 1 aromatic rings. The third-order valence-electron chi connectivity index (χ3n) is 7.27. The maximum Gasteiger partial charge on any atom is 0.243 e. The lowest BCUT2D eigenvalue weighted by Gasteiger charge is -2.31. The lowest BCUT2D eigenvalue weighted by molar-refractivity contribution is -0.131. The molecular formula is C27H44N4O7S. The van der Waals surface area contributed by atoms with E-state index in [1.54, 1.807) is 13.0 Å². The van der Waals surface area contributed by atoms with E-state index in [9.17, 15) is 23.1 Å². The zero-order valence-electron chi connectivity index (χ0n) is 23.7. The maximum atomic E-state index is 13.5. The number of nitrogens with one attached hydrogen (secondary N) is 2. The predicted molar refractivity (Wildman–Crippen MR) is 147 cm³/mol. The summed E-state index contributed by atoms with van der Waals surface area (Å²) in [5.41, 5.74) is 0. The summed E-state index contributed by atoms with van der Waals surface area (Å²) in [6.45, 7) is 11.2. The lowest BCUT2D eigenvalue weighted by Crippen LogP contribution is -2.56.